The zero-order chi connectivity index (χ0) is 15.0. The van der Waals surface area contributed by atoms with Gasteiger partial charge in [-0.2, -0.15) is 0 Å². The van der Waals surface area contributed by atoms with Crippen LogP contribution in [0.2, 0.25) is 0 Å². The van der Waals surface area contributed by atoms with E-state index in [1.54, 1.807) is 16.8 Å². The highest BCUT2D eigenvalue weighted by Gasteiger charge is 2.20. The van der Waals surface area contributed by atoms with E-state index in [1.165, 1.54) is 0 Å². The van der Waals surface area contributed by atoms with Crippen molar-refractivity contribution in [3.05, 3.63) is 0 Å². The summed E-state index contributed by atoms with van der Waals surface area (Å²) >= 11 is 0. The molecule has 0 aliphatic carbocycles. The van der Waals surface area contributed by atoms with Gasteiger partial charge in [0, 0.05) is 13.1 Å². The van der Waals surface area contributed by atoms with E-state index >= 15 is 0 Å². The van der Waals surface area contributed by atoms with Gasteiger partial charge in [0.25, 0.3) is 0 Å². The summed E-state index contributed by atoms with van der Waals surface area (Å²) < 4.78 is 0. The Hall–Kier alpha value is -0.810. The van der Waals surface area contributed by atoms with Crippen LogP contribution >= 0.6 is 12.4 Å². The molecule has 0 rings (SSSR count). The molecule has 120 valence electrons. The van der Waals surface area contributed by atoms with E-state index in [1.807, 2.05) is 13.8 Å². The summed E-state index contributed by atoms with van der Waals surface area (Å²) in [5, 5.41) is 8.82. The lowest BCUT2D eigenvalue weighted by molar-refractivity contribution is -0.139. The van der Waals surface area contributed by atoms with Crippen LogP contribution < -0.4 is 0 Å². The summed E-state index contributed by atoms with van der Waals surface area (Å²) in [7, 11) is 1.79. The molecule has 1 atom stereocenters. The van der Waals surface area contributed by atoms with Gasteiger partial charge in [-0.1, -0.05) is 20.8 Å². The highest BCUT2D eigenvalue weighted by molar-refractivity contribution is 5.85. The van der Waals surface area contributed by atoms with Crippen molar-refractivity contribution in [2.24, 2.45) is 5.92 Å². The normalized spacial score (nSPS) is 12.2. The summed E-state index contributed by atoms with van der Waals surface area (Å²) in [6.45, 7) is 8.99. The molecule has 0 saturated heterocycles. The number of carbonyl (C=O) groups is 2. The number of carboxylic acid groups (broad SMARTS) is 1. The number of halogens is 1. The second-order valence-electron chi connectivity index (χ2n) is 5.59. The van der Waals surface area contributed by atoms with Crippen molar-refractivity contribution >= 4 is 24.3 Å². The Labute approximate surface area is 128 Å². The van der Waals surface area contributed by atoms with E-state index in [0.29, 0.717) is 12.5 Å². The summed E-state index contributed by atoms with van der Waals surface area (Å²) in [5.74, 6) is -0.363. The second kappa shape index (κ2) is 10.9. The predicted octanol–water partition coefficient (Wildman–Crippen LogP) is 2.10. The van der Waals surface area contributed by atoms with Gasteiger partial charge in [0.15, 0.2) is 0 Å². The zero-order valence-electron chi connectivity index (χ0n) is 13.3. The van der Waals surface area contributed by atoms with Crippen molar-refractivity contribution in [3.63, 3.8) is 0 Å². The highest BCUT2D eigenvalue weighted by atomic mass is 35.5. The van der Waals surface area contributed by atoms with E-state index in [4.69, 9.17) is 5.11 Å². The number of carboxylic acids is 1. The molecule has 5 nitrogen and oxygen atoms in total. The third-order valence-corrected chi connectivity index (χ3v) is 3.12. The van der Waals surface area contributed by atoms with Crippen molar-refractivity contribution in [1.29, 1.82) is 0 Å². The molecule has 0 fully saturated rings. The van der Waals surface area contributed by atoms with Crippen molar-refractivity contribution in [1.82, 2.24) is 9.80 Å². The monoisotopic (exact) mass is 308 g/mol. The van der Waals surface area contributed by atoms with Gasteiger partial charge in [-0.05, 0) is 32.2 Å². The fraction of sp³-hybridized carbons (Fsp3) is 0.857. The quantitative estimate of drug-likeness (QED) is 0.708. The van der Waals surface area contributed by atoms with Gasteiger partial charge in [-0.25, -0.2) is 0 Å². The van der Waals surface area contributed by atoms with Crippen LogP contribution in [0.3, 0.4) is 0 Å². The minimum Gasteiger partial charge on any atom is -0.480 e. The van der Waals surface area contributed by atoms with E-state index in [-0.39, 0.29) is 37.4 Å². The maximum atomic E-state index is 12.1. The highest BCUT2D eigenvalue weighted by Crippen LogP contribution is 2.10. The first-order chi connectivity index (χ1) is 8.77. The molecule has 1 unspecified atom stereocenters. The molecular weight excluding hydrogens is 280 g/mol. The summed E-state index contributed by atoms with van der Waals surface area (Å²) in [6, 6.07) is 0.181. The molecule has 0 radical (unpaired) electrons. The maximum absolute atomic E-state index is 12.1. The molecule has 0 aliphatic heterocycles. The first-order valence-electron chi connectivity index (χ1n) is 6.97. The zero-order valence-corrected chi connectivity index (χ0v) is 14.1. The minimum atomic E-state index is -0.890. The van der Waals surface area contributed by atoms with Crippen LogP contribution in [0.5, 0.6) is 0 Å². The average molecular weight is 309 g/mol. The Kier molecular flexibility index (Phi) is 11.7. The van der Waals surface area contributed by atoms with Crippen LogP contribution in [0, 0.1) is 5.92 Å². The predicted molar refractivity (Wildman–Crippen MR) is 83.3 cm³/mol. The second-order valence-corrected chi connectivity index (χ2v) is 5.59. The standard InChI is InChI=1S/C14H28N2O3.ClH/c1-6-7-16(10-14(18)19)9-13(17)15(5)12(4)8-11(2)3;/h11-12H,6-10H2,1-5H3,(H,18,19);1H. The summed E-state index contributed by atoms with van der Waals surface area (Å²) in [4.78, 5) is 26.3. The van der Waals surface area contributed by atoms with Crippen molar-refractivity contribution in [2.75, 3.05) is 26.7 Å². The number of aliphatic carboxylic acids is 1. The average Bonchev–Trinajstić information content (AvgIpc) is 2.26. The minimum absolute atomic E-state index is 0. The van der Waals surface area contributed by atoms with Crippen LogP contribution in [0.25, 0.3) is 0 Å². The van der Waals surface area contributed by atoms with Gasteiger partial charge >= 0.3 is 5.97 Å². The van der Waals surface area contributed by atoms with Crippen LogP contribution in [-0.4, -0.2) is 59.5 Å². The van der Waals surface area contributed by atoms with Gasteiger partial charge in [0.05, 0.1) is 13.1 Å². The number of nitrogens with zero attached hydrogens (tertiary/aromatic N) is 2. The first kappa shape index (κ1) is 21.5. The number of rotatable bonds is 9. The van der Waals surface area contributed by atoms with Crippen molar-refractivity contribution in [2.45, 2.75) is 46.6 Å². The van der Waals surface area contributed by atoms with E-state index < -0.39 is 5.97 Å². The van der Waals surface area contributed by atoms with Gasteiger partial charge in [0.1, 0.15) is 0 Å². The Bertz CT molecular complexity index is 298. The van der Waals surface area contributed by atoms with Gasteiger partial charge in [-0.3, -0.25) is 14.5 Å². The molecule has 6 heteroatoms. The largest absolute Gasteiger partial charge is 0.480 e. The number of carbonyl (C=O) groups excluding carboxylic acids is 1. The van der Waals surface area contributed by atoms with Gasteiger partial charge in [-0.15, -0.1) is 12.4 Å². The molecule has 1 amide bonds. The number of amides is 1. The topological polar surface area (TPSA) is 60.9 Å². The van der Waals surface area contributed by atoms with E-state index in [9.17, 15) is 9.59 Å². The van der Waals surface area contributed by atoms with Crippen molar-refractivity contribution in [3.8, 4) is 0 Å². The molecule has 0 aromatic rings. The molecule has 0 heterocycles. The molecule has 0 aliphatic rings. The molecule has 0 spiro atoms. The molecule has 1 N–H and O–H groups in total. The smallest absolute Gasteiger partial charge is 0.317 e. The van der Waals surface area contributed by atoms with Crippen molar-refractivity contribution < 1.29 is 14.7 Å². The third kappa shape index (κ3) is 9.15. The van der Waals surface area contributed by atoms with Crippen LogP contribution in [0.15, 0.2) is 0 Å². The molecule has 20 heavy (non-hydrogen) atoms. The maximum Gasteiger partial charge on any atom is 0.317 e. The van der Waals surface area contributed by atoms with E-state index in [2.05, 4.69) is 13.8 Å². The lowest BCUT2D eigenvalue weighted by atomic mass is 10.0. The molecular formula is C14H29ClN2O3. The molecule has 0 aromatic heterocycles. The molecule has 0 saturated carbocycles. The van der Waals surface area contributed by atoms with Crippen LogP contribution in [0.1, 0.15) is 40.5 Å². The summed E-state index contributed by atoms with van der Waals surface area (Å²) in [5.41, 5.74) is 0. The SMILES string of the molecule is CCCN(CC(=O)O)CC(=O)N(C)C(C)CC(C)C.Cl. The third-order valence-electron chi connectivity index (χ3n) is 3.12. The Morgan fingerprint density at radius 3 is 2.10 bits per heavy atom. The Morgan fingerprint density at radius 2 is 1.70 bits per heavy atom. The lowest BCUT2D eigenvalue weighted by Crippen LogP contribution is -2.44. The number of hydrogen-bond donors (Lipinski definition) is 1. The number of likely N-dealkylation sites (N-methyl/N-ethyl adjacent to an activating group) is 1. The Balaban J connectivity index is 0. The fourth-order valence-electron chi connectivity index (χ4n) is 2.11. The van der Waals surface area contributed by atoms with Gasteiger partial charge in [0.2, 0.25) is 5.91 Å². The van der Waals surface area contributed by atoms with Crippen LogP contribution in [-0.2, 0) is 9.59 Å². The van der Waals surface area contributed by atoms with E-state index in [0.717, 1.165) is 12.8 Å². The molecule has 0 aromatic carbocycles. The van der Waals surface area contributed by atoms with Crippen LogP contribution in [0.4, 0.5) is 0 Å². The fourth-order valence-corrected chi connectivity index (χ4v) is 2.11. The van der Waals surface area contributed by atoms with Gasteiger partial charge < -0.3 is 10.0 Å². The lowest BCUT2D eigenvalue weighted by Gasteiger charge is -2.29. The number of hydrogen-bond acceptors (Lipinski definition) is 3. The Morgan fingerprint density at radius 1 is 1.15 bits per heavy atom. The summed E-state index contributed by atoms with van der Waals surface area (Å²) in [6.07, 6.45) is 1.79. The first-order valence-corrected chi connectivity index (χ1v) is 6.97. The molecule has 0 bridgehead atoms.